The molecule has 0 atom stereocenters. The Labute approximate surface area is 76.6 Å². The van der Waals surface area contributed by atoms with Crippen molar-refractivity contribution in [2.24, 2.45) is 10.9 Å². The van der Waals surface area contributed by atoms with E-state index < -0.39 is 0 Å². The quantitative estimate of drug-likeness (QED) is 0.420. The van der Waals surface area contributed by atoms with Gasteiger partial charge in [-0.25, -0.2) is 4.39 Å². The van der Waals surface area contributed by atoms with Crippen LogP contribution in [-0.4, -0.2) is 5.71 Å². The van der Waals surface area contributed by atoms with Crippen molar-refractivity contribution in [1.29, 1.82) is 0 Å². The van der Waals surface area contributed by atoms with Crippen LogP contribution in [0.25, 0.3) is 0 Å². The van der Waals surface area contributed by atoms with Crippen LogP contribution in [0.15, 0.2) is 41.5 Å². The summed E-state index contributed by atoms with van der Waals surface area (Å²) in [5.41, 5.74) is 1.45. The Balaban J connectivity index is 3.00. The lowest BCUT2D eigenvalue weighted by molar-refractivity contribution is 0.628. The molecule has 2 N–H and O–H groups in total. The minimum atomic E-state index is -0.263. The highest BCUT2D eigenvalue weighted by molar-refractivity contribution is 6.08. The number of nitrogens with two attached hydrogens (primary N) is 1. The van der Waals surface area contributed by atoms with Crippen molar-refractivity contribution < 1.29 is 4.39 Å². The second kappa shape index (κ2) is 4.40. The Morgan fingerprint density at radius 1 is 1.38 bits per heavy atom. The predicted octanol–water partition coefficient (Wildman–Crippen LogP) is 2.06. The Morgan fingerprint density at radius 2 is 2.00 bits per heavy atom. The molecular weight excluding hydrogens is 167 g/mol. The molecule has 0 heterocycles. The Morgan fingerprint density at radius 3 is 2.46 bits per heavy atom. The van der Waals surface area contributed by atoms with Gasteiger partial charge < -0.3 is 5.84 Å². The Bertz CT molecular complexity index is 325. The monoisotopic (exact) mass is 178 g/mol. The molecule has 3 heteroatoms. The van der Waals surface area contributed by atoms with Gasteiger partial charge in [0.1, 0.15) is 5.82 Å². The largest absolute Gasteiger partial charge is 0.323 e. The lowest BCUT2D eigenvalue weighted by Crippen LogP contribution is -2.00. The molecule has 2 nitrogen and oxygen atoms in total. The summed E-state index contributed by atoms with van der Waals surface area (Å²) in [4.78, 5) is 0. The molecule has 0 aromatic heterocycles. The van der Waals surface area contributed by atoms with Gasteiger partial charge in [0.15, 0.2) is 0 Å². The minimum Gasteiger partial charge on any atom is -0.323 e. The standard InChI is InChI=1S/C10H11FN2/c1-2-3-10(13-12)8-4-6-9(11)7-5-8/h2-7H,12H2,1H3/b3-2+,13-10+. The number of rotatable bonds is 2. The number of halogens is 1. The zero-order valence-electron chi connectivity index (χ0n) is 7.37. The van der Waals surface area contributed by atoms with Crippen LogP contribution in [0, 0.1) is 5.82 Å². The van der Waals surface area contributed by atoms with Crippen LogP contribution < -0.4 is 5.84 Å². The lowest BCUT2D eigenvalue weighted by Gasteiger charge is -1.98. The van der Waals surface area contributed by atoms with Crippen molar-refractivity contribution >= 4 is 5.71 Å². The average molecular weight is 178 g/mol. The molecule has 0 amide bonds. The van der Waals surface area contributed by atoms with Crippen LogP contribution in [-0.2, 0) is 0 Å². The maximum absolute atomic E-state index is 12.6. The number of hydrogen-bond donors (Lipinski definition) is 1. The van der Waals surface area contributed by atoms with Crippen molar-refractivity contribution in [2.45, 2.75) is 6.92 Å². The summed E-state index contributed by atoms with van der Waals surface area (Å²) in [5, 5.41) is 3.59. The molecule has 0 bridgehead atoms. The molecule has 1 rings (SSSR count). The summed E-state index contributed by atoms with van der Waals surface area (Å²) in [7, 11) is 0. The van der Waals surface area contributed by atoms with E-state index in [-0.39, 0.29) is 5.82 Å². The maximum Gasteiger partial charge on any atom is 0.123 e. The van der Waals surface area contributed by atoms with Crippen molar-refractivity contribution in [3.63, 3.8) is 0 Å². The Kier molecular flexibility index (Phi) is 3.20. The molecule has 1 aromatic rings. The smallest absolute Gasteiger partial charge is 0.123 e. The third kappa shape index (κ3) is 2.40. The predicted molar refractivity (Wildman–Crippen MR) is 51.9 cm³/mol. The van der Waals surface area contributed by atoms with Crippen LogP contribution in [0.1, 0.15) is 12.5 Å². The number of nitrogens with zero attached hydrogens (tertiary/aromatic N) is 1. The summed E-state index contributed by atoms with van der Waals surface area (Å²) in [6.07, 6.45) is 3.60. The summed E-state index contributed by atoms with van der Waals surface area (Å²) >= 11 is 0. The highest BCUT2D eigenvalue weighted by atomic mass is 19.1. The van der Waals surface area contributed by atoms with Crippen LogP contribution in [0.5, 0.6) is 0 Å². The third-order valence-corrected chi connectivity index (χ3v) is 1.60. The maximum atomic E-state index is 12.6. The molecule has 0 saturated carbocycles. The van der Waals surface area contributed by atoms with E-state index in [1.165, 1.54) is 12.1 Å². The van der Waals surface area contributed by atoms with Crippen LogP contribution >= 0.6 is 0 Å². The first-order chi connectivity index (χ1) is 6.27. The highest BCUT2D eigenvalue weighted by Gasteiger charge is 1.98. The molecule has 0 aliphatic heterocycles. The van der Waals surface area contributed by atoms with Gasteiger partial charge in [-0.3, -0.25) is 0 Å². The fraction of sp³-hybridized carbons (Fsp3) is 0.100. The molecule has 0 saturated heterocycles. The summed E-state index contributed by atoms with van der Waals surface area (Å²) < 4.78 is 12.6. The van der Waals surface area contributed by atoms with E-state index in [0.717, 1.165) is 5.56 Å². The van der Waals surface area contributed by atoms with E-state index >= 15 is 0 Å². The molecule has 68 valence electrons. The molecule has 0 radical (unpaired) electrons. The zero-order chi connectivity index (χ0) is 9.68. The second-order valence-corrected chi connectivity index (χ2v) is 2.52. The highest BCUT2D eigenvalue weighted by Crippen LogP contribution is 2.04. The normalized spacial score (nSPS) is 12.3. The van der Waals surface area contributed by atoms with Gasteiger partial charge in [-0.15, -0.1) is 0 Å². The van der Waals surface area contributed by atoms with Crippen molar-refractivity contribution in [1.82, 2.24) is 0 Å². The van der Waals surface area contributed by atoms with E-state index in [1.807, 2.05) is 13.0 Å². The van der Waals surface area contributed by atoms with E-state index in [0.29, 0.717) is 5.71 Å². The molecule has 0 fully saturated rings. The first-order valence-electron chi connectivity index (χ1n) is 3.94. The molecule has 0 spiro atoms. The van der Waals surface area contributed by atoms with E-state index in [1.54, 1.807) is 18.2 Å². The molecule has 0 aliphatic carbocycles. The Hall–Kier alpha value is -1.64. The molecule has 1 aromatic carbocycles. The van der Waals surface area contributed by atoms with E-state index in [4.69, 9.17) is 5.84 Å². The van der Waals surface area contributed by atoms with Crippen LogP contribution in [0.2, 0.25) is 0 Å². The van der Waals surface area contributed by atoms with Gasteiger partial charge >= 0.3 is 0 Å². The van der Waals surface area contributed by atoms with Gasteiger partial charge in [-0.2, -0.15) is 5.10 Å². The first-order valence-corrected chi connectivity index (χ1v) is 3.94. The molecule has 13 heavy (non-hydrogen) atoms. The van der Waals surface area contributed by atoms with Gasteiger partial charge in [0, 0.05) is 5.56 Å². The van der Waals surface area contributed by atoms with Crippen molar-refractivity contribution in [2.75, 3.05) is 0 Å². The zero-order valence-corrected chi connectivity index (χ0v) is 7.37. The van der Waals surface area contributed by atoms with Gasteiger partial charge in [-0.05, 0) is 37.3 Å². The second-order valence-electron chi connectivity index (χ2n) is 2.52. The number of hydrazone groups is 1. The molecule has 0 aliphatic rings. The number of hydrogen-bond acceptors (Lipinski definition) is 2. The lowest BCUT2D eigenvalue weighted by atomic mass is 10.1. The fourth-order valence-electron chi connectivity index (χ4n) is 0.992. The van der Waals surface area contributed by atoms with Gasteiger partial charge in [0.2, 0.25) is 0 Å². The van der Waals surface area contributed by atoms with Crippen LogP contribution in [0.4, 0.5) is 4.39 Å². The van der Waals surface area contributed by atoms with Crippen LogP contribution in [0.3, 0.4) is 0 Å². The van der Waals surface area contributed by atoms with Gasteiger partial charge in [0.05, 0.1) is 5.71 Å². The first kappa shape index (κ1) is 9.45. The SMILES string of the molecule is C/C=C/C(=N\N)c1ccc(F)cc1. The molecule has 0 unspecified atom stereocenters. The third-order valence-electron chi connectivity index (χ3n) is 1.60. The average Bonchev–Trinajstić information content (AvgIpc) is 2.16. The van der Waals surface area contributed by atoms with Crippen molar-refractivity contribution in [3.8, 4) is 0 Å². The topological polar surface area (TPSA) is 38.4 Å². The van der Waals surface area contributed by atoms with E-state index in [9.17, 15) is 4.39 Å². The van der Waals surface area contributed by atoms with Gasteiger partial charge in [0.25, 0.3) is 0 Å². The number of allylic oxidation sites excluding steroid dienone is 2. The summed E-state index contributed by atoms with van der Waals surface area (Å²) in [5.74, 6) is 4.91. The molecular formula is C10H11FN2. The van der Waals surface area contributed by atoms with Crippen molar-refractivity contribution in [3.05, 3.63) is 47.8 Å². The van der Waals surface area contributed by atoms with E-state index in [2.05, 4.69) is 5.10 Å². The van der Waals surface area contributed by atoms with Gasteiger partial charge in [-0.1, -0.05) is 6.08 Å². The number of benzene rings is 1. The fourth-order valence-corrected chi connectivity index (χ4v) is 0.992. The minimum absolute atomic E-state index is 0.263. The summed E-state index contributed by atoms with van der Waals surface area (Å²) in [6, 6.07) is 6.04. The summed E-state index contributed by atoms with van der Waals surface area (Å²) in [6.45, 7) is 1.87.